The summed E-state index contributed by atoms with van der Waals surface area (Å²) in [5.74, 6) is 0. The predicted molar refractivity (Wildman–Crippen MR) is 45.1 cm³/mol. The molecule has 1 heterocycles. The molecule has 0 unspecified atom stereocenters. The highest BCUT2D eigenvalue weighted by Crippen LogP contribution is 1.98. The van der Waals surface area contributed by atoms with Crippen LogP contribution in [0.15, 0.2) is 0 Å². The largest absolute Gasteiger partial charge is 0.301 e. The number of hydrogen-bond donors (Lipinski definition) is 1. The molecule has 0 aliphatic carbocycles. The fourth-order valence-electron chi connectivity index (χ4n) is 1.14. The summed E-state index contributed by atoms with van der Waals surface area (Å²) in [7, 11) is 0. The first-order chi connectivity index (χ1) is 5.43. The third-order valence-corrected chi connectivity index (χ3v) is 1.85. The average Bonchev–Trinajstić information content (AvgIpc) is 2.50. The van der Waals surface area contributed by atoms with Crippen LogP contribution in [-0.4, -0.2) is 31.4 Å². The number of hydroxylamine groups is 2. The van der Waals surface area contributed by atoms with E-state index in [1.165, 1.54) is 19.3 Å². The zero-order chi connectivity index (χ0) is 7.94. The normalized spacial score (nSPS) is 19.4. The van der Waals surface area contributed by atoms with Crippen LogP contribution in [0.1, 0.15) is 26.2 Å². The van der Waals surface area contributed by atoms with Crippen molar-refractivity contribution in [3.8, 4) is 0 Å². The number of rotatable bonds is 5. The summed E-state index contributed by atoms with van der Waals surface area (Å²) < 4.78 is 0. The molecule has 1 saturated heterocycles. The Morgan fingerprint density at radius 3 is 3.00 bits per heavy atom. The molecule has 0 aromatic heterocycles. The Kier molecular flexibility index (Phi) is 4.50. The molecule has 3 heteroatoms. The van der Waals surface area contributed by atoms with Gasteiger partial charge in [0.05, 0.1) is 13.3 Å². The Labute approximate surface area is 68.7 Å². The summed E-state index contributed by atoms with van der Waals surface area (Å²) in [4.78, 5) is 5.48. The Bertz CT molecular complexity index is 92.1. The third kappa shape index (κ3) is 3.70. The van der Waals surface area contributed by atoms with E-state index in [4.69, 9.17) is 4.84 Å². The first kappa shape index (κ1) is 8.97. The van der Waals surface area contributed by atoms with Gasteiger partial charge in [-0.3, -0.25) is 4.84 Å². The smallest absolute Gasteiger partial charge is 0.0732 e. The number of unbranched alkanes of at least 4 members (excludes halogenated alkanes) is 2. The number of hydrogen-bond acceptors (Lipinski definition) is 3. The predicted octanol–water partition coefficient (Wildman–Crippen LogP) is 0.971. The molecule has 0 radical (unpaired) electrons. The van der Waals surface area contributed by atoms with Crippen LogP contribution >= 0.6 is 0 Å². The molecule has 1 rings (SSSR count). The Morgan fingerprint density at radius 1 is 1.45 bits per heavy atom. The molecule has 3 nitrogen and oxygen atoms in total. The monoisotopic (exact) mass is 158 g/mol. The highest BCUT2D eigenvalue weighted by molar-refractivity contribution is 4.56. The van der Waals surface area contributed by atoms with Crippen LogP contribution in [0.4, 0.5) is 0 Å². The van der Waals surface area contributed by atoms with Crippen molar-refractivity contribution < 1.29 is 4.84 Å². The van der Waals surface area contributed by atoms with Crippen molar-refractivity contribution in [1.82, 2.24) is 10.4 Å². The Hall–Kier alpha value is -0.120. The minimum Gasteiger partial charge on any atom is -0.301 e. The van der Waals surface area contributed by atoms with Crippen molar-refractivity contribution in [2.45, 2.75) is 26.2 Å². The van der Waals surface area contributed by atoms with Gasteiger partial charge < -0.3 is 5.32 Å². The van der Waals surface area contributed by atoms with Crippen LogP contribution in [0.2, 0.25) is 0 Å². The first-order valence-corrected chi connectivity index (χ1v) is 4.52. The molecule has 0 aromatic rings. The molecule has 0 atom stereocenters. The lowest BCUT2D eigenvalue weighted by Gasteiger charge is -2.13. The molecule has 66 valence electrons. The molecule has 0 saturated carbocycles. The van der Waals surface area contributed by atoms with Gasteiger partial charge in [-0.1, -0.05) is 19.8 Å². The van der Waals surface area contributed by atoms with Gasteiger partial charge in [-0.05, 0) is 6.42 Å². The third-order valence-electron chi connectivity index (χ3n) is 1.85. The van der Waals surface area contributed by atoms with Gasteiger partial charge in [0.1, 0.15) is 0 Å². The molecule has 0 bridgehead atoms. The van der Waals surface area contributed by atoms with Crippen LogP contribution in [-0.2, 0) is 4.84 Å². The van der Waals surface area contributed by atoms with E-state index < -0.39 is 0 Å². The molecule has 11 heavy (non-hydrogen) atoms. The standard InChI is InChI=1S/C8H18N2O/c1-2-3-4-7-11-10-6-5-9-8-10/h9H,2-8H2,1H3. The van der Waals surface area contributed by atoms with Gasteiger partial charge in [0.15, 0.2) is 0 Å². The number of nitrogens with zero attached hydrogens (tertiary/aromatic N) is 1. The van der Waals surface area contributed by atoms with Crippen LogP contribution in [0, 0.1) is 0 Å². The van der Waals surface area contributed by atoms with Crippen molar-refractivity contribution in [1.29, 1.82) is 0 Å². The van der Waals surface area contributed by atoms with Gasteiger partial charge in [0.25, 0.3) is 0 Å². The van der Waals surface area contributed by atoms with E-state index >= 15 is 0 Å². The van der Waals surface area contributed by atoms with Crippen molar-refractivity contribution in [2.75, 3.05) is 26.4 Å². The van der Waals surface area contributed by atoms with Gasteiger partial charge in [-0.2, -0.15) is 5.06 Å². The Morgan fingerprint density at radius 2 is 2.36 bits per heavy atom. The van der Waals surface area contributed by atoms with Crippen molar-refractivity contribution in [3.63, 3.8) is 0 Å². The van der Waals surface area contributed by atoms with E-state index in [9.17, 15) is 0 Å². The van der Waals surface area contributed by atoms with Crippen molar-refractivity contribution in [2.24, 2.45) is 0 Å². The second-order valence-corrected chi connectivity index (χ2v) is 2.90. The topological polar surface area (TPSA) is 24.5 Å². The average molecular weight is 158 g/mol. The minimum atomic E-state index is 0.884. The van der Waals surface area contributed by atoms with Crippen LogP contribution in [0.3, 0.4) is 0 Å². The fourth-order valence-corrected chi connectivity index (χ4v) is 1.14. The van der Waals surface area contributed by atoms with E-state index in [1.807, 2.05) is 5.06 Å². The lowest BCUT2D eigenvalue weighted by Crippen LogP contribution is -2.22. The zero-order valence-electron chi connectivity index (χ0n) is 7.31. The fraction of sp³-hybridized carbons (Fsp3) is 1.00. The highest BCUT2D eigenvalue weighted by Gasteiger charge is 2.09. The van der Waals surface area contributed by atoms with E-state index in [2.05, 4.69) is 12.2 Å². The highest BCUT2D eigenvalue weighted by atomic mass is 16.7. The van der Waals surface area contributed by atoms with Crippen molar-refractivity contribution in [3.05, 3.63) is 0 Å². The maximum Gasteiger partial charge on any atom is 0.0732 e. The SMILES string of the molecule is CCCCCON1CCNC1. The molecule has 0 aromatic carbocycles. The zero-order valence-corrected chi connectivity index (χ0v) is 7.31. The van der Waals surface area contributed by atoms with Gasteiger partial charge in [-0.15, -0.1) is 0 Å². The summed E-state index contributed by atoms with van der Waals surface area (Å²) in [6.07, 6.45) is 3.73. The Balaban J connectivity index is 1.86. The van der Waals surface area contributed by atoms with Gasteiger partial charge in [-0.25, -0.2) is 0 Å². The lowest BCUT2D eigenvalue weighted by atomic mass is 10.3. The summed E-state index contributed by atoms with van der Waals surface area (Å²) in [5.41, 5.74) is 0. The van der Waals surface area contributed by atoms with E-state index in [0.29, 0.717) is 0 Å². The molecule has 1 N–H and O–H groups in total. The van der Waals surface area contributed by atoms with Gasteiger partial charge in [0, 0.05) is 13.1 Å². The van der Waals surface area contributed by atoms with Gasteiger partial charge in [0.2, 0.25) is 0 Å². The summed E-state index contributed by atoms with van der Waals surface area (Å²) in [5, 5.41) is 5.21. The molecule has 1 aliphatic heterocycles. The molecule has 1 aliphatic rings. The van der Waals surface area contributed by atoms with E-state index in [-0.39, 0.29) is 0 Å². The van der Waals surface area contributed by atoms with Gasteiger partial charge >= 0.3 is 0 Å². The second-order valence-electron chi connectivity index (χ2n) is 2.90. The molecular weight excluding hydrogens is 140 g/mol. The van der Waals surface area contributed by atoms with Crippen LogP contribution < -0.4 is 5.32 Å². The molecule has 0 spiro atoms. The lowest BCUT2D eigenvalue weighted by molar-refractivity contribution is -0.144. The maximum atomic E-state index is 5.48. The maximum absolute atomic E-state index is 5.48. The van der Waals surface area contributed by atoms with Crippen LogP contribution in [0.5, 0.6) is 0 Å². The van der Waals surface area contributed by atoms with Crippen LogP contribution in [0.25, 0.3) is 0 Å². The quantitative estimate of drug-likeness (QED) is 0.603. The minimum absolute atomic E-state index is 0.884. The van der Waals surface area contributed by atoms with E-state index in [0.717, 1.165) is 26.4 Å². The summed E-state index contributed by atoms with van der Waals surface area (Å²) in [6.45, 7) is 6.08. The summed E-state index contributed by atoms with van der Waals surface area (Å²) >= 11 is 0. The first-order valence-electron chi connectivity index (χ1n) is 4.52. The molecular formula is C8H18N2O. The van der Waals surface area contributed by atoms with E-state index in [1.54, 1.807) is 0 Å². The molecule has 0 amide bonds. The number of nitrogens with one attached hydrogen (secondary N) is 1. The second kappa shape index (κ2) is 5.52. The molecule has 1 fully saturated rings. The van der Waals surface area contributed by atoms with Crippen molar-refractivity contribution >= 4 is 0 Å². The summed E-state index contributed by atoms with van der Waals surface area (Å²) in [6, 6.07) is 0.